The smallest absolute Gasteiger partial charge is 0.105 e. The van der Waals surface area contributed by atoms with Gasteiger partial charge in [0.15, 0.2) is 0 Å². The zero-order valence-corrected chi connectivity index (χ0v) is 9.81. The molecule has 1 heterocycles. The Bertz CT molecular complexity index is 479. The van der Waals surface area contributed by atoms with Crippen molar-refractivity contribution < 1.29 is 4.42 Å². The molecule has 0 aliphatic heterocycles. The fraction of sp³-hybridized carbons (Fsp3) is 0.231. The molecule has 0 fully saturated rings. The van der Waals surface area contributed by atoms with Crippen molar-refractivity contribution >= 4 is 17.1 Å². The molecule has 4 nitrogen and oxygen atoms in total. The Morgan fingerprint density at radius 2 is 2.06 bits per heavy atom. The van der Waals surface area contributed by atoms with E-state index in [-0.39, 0.29) is 6.04 Å². The summed E-state index contributed by atoms with van der Waals surface area (Å²) in [6.45, 7) is 2.09. The highest BCUT2D eigenvalue weighted by Crippen LogP contribution is 2.20. The standard InChI is InChI=1S/C13H17N3O/c1-9(7-11-3-2-6-17-11)16-10-4-5-12(14)13(15)8-10/h2-6,8-9,16H,7,14-15H2,1H3. The van der Waals surface area contributed by atoms with E-state index in [9.17, 15) is 0 Å². The number of rotatable bonds is 4. The second-order valence-electron chi connectivity index (χ2n) is 4.17. The van der Waals surface area contributed by atoms with Crippen molar-refractivity contribution in [2.75, 3.05) is 16.8 Å². The summed E-state index contributed by atoms with van der Waals surface area (Å²) in [5.74, 6) is 0.966. The highest BCUT2D eigenvalue weighted by Gasteiger charge is 2.06. The van der Waals surface area contributed by atoms with Crippen molar-refractivity contribution in [3.05, 3.63) is 42.4 Å². The molecule has 2 aromatic rings. The number of nitrogens with two attached hydrogens (primary N) is 2. The van der Waals surface area contributed by atoms with Gasteiger partial charge in [-0.15, -0.1) is 0 Å². The molecule has 0 saturated carbocycles. The molecule has 90 valence electrons. The molecule has 0 radical (unpaired) electrons. The third-order valence-electron chi connectivity index (χ3n) is 2.59. The number of benzene rings is 1. The van der Waals surface area contributed by atoms with Crippen LogP contribution in [0.3, 0.4) is 0 Å². The summed E-state index contributed by atoms with van der Waals surface area (Å²) in [5, 5.41) is 3.35. The number of nitrogens with one attached hydrogen (secondary N) is 1. The van der Waals surface area contributed by atoms with E-state index in [0.29, 0.717) is 11.4 Å². The Morgan fingerprint density at radius 1 is 1.24 bits per heavy atom. The molecule has 17 heavy (non-hydrogen) atoms. The first-order valence-electron chi connectivity index (χ1n) is 5.59. The first-order chi connectivity index (χ1) is 8.15. The van der Waals surface area contributed by atoms with Gasteiger partial charge in [-0.1, -0.05) is 0 Å². The molecule has 0 aliphatic carbocycles. The summed E-state index contributed by atoms with van der Waals surface area (Å²) in [4.78, 5) is 0. The van der Waals surface area contributed by atoms with E-state index in [1.165, 1.54) is 0 Å². The Kier molecular flexibility index (Phi) is 3.23. The third kappa shape index (κ3) is 2.93. The van der Waals surface area contributed by atoms with Crippen LogP contribution in [-0.2, 0) is 6.42 Å². The van der Waals surface area contributed by atoms with Crippen LogP contribution in [0.1, 0.15) is 12.7 Å². The van der Waals surface area contributed by atoms with Crippen molar-refractivity contribution in [1.29, 1.82) is 0 Å². The maximum Gasteiger partial charge on any atom is 0.105 e. The third-order valence-corrected chi connectivity index (χ3v) is 2.59. The van der Waals surface area contributed by atoms with Gasteiger partial charge in [-0.05, 0) is 37.3 Å². The van der Waals surface area contributed by atoms with E-state index in [1.807, 2.05) is 24.3 Å². The average molecular weight is 231 g/mol. The minimum absolute atomic E-state index is 0.268. The summed E-state index contributed by atoms with van der Waals surface area (Å²) in [6.07, 6.45) is 2.51. The van der Waals surface area contributed by atoms with Gasteiger partial charge in [0.25, 0.3) is 0 Å². The molecule has 5 N–H and O–H groups in total. The normalized spacial score (nSPS) is 12.3. The van der Waals surface area contributed by atoms with Crippen molar-refractivity contribution in [3.63, 3.8) is 0 Å². The van der Waals surface area contributed by atoms with Crippen molar-refractivity contribution in [1.82, 2.24) is 0 Å². The monoisotopic (exact) mass is 231 g/mol. The van der Waals surface area contributed by atoms with Gasteiger partial charge in [0.1, 0.15) is 5.76 Å². The van der Waals surface area contributed by atoms with E-state index in [0.717, 1.165) is 17.9 Å². The molecule has 0 amide bonds. The Labute approximate surface area is 101 Å². The van der Waals surface area contributed by atoms with Crippen LogP contribution in [0.2, 0.25) is 0 Å². The highest BCUT2D eigenvalue weighted by molar-refractivity contribution is 5.69. The van der Waals surface area contributed by atoms with Gasteiger partial charge in [0.2, 0.25) is 0 Å². The first-order valence-corrected chi connectivity index (χ1v) is 5.59. The van der Waals surface area contributed by atoms with E-state index < -0.39 is 0 Å². The van der Waals surface area contributed by atoms with Gasteiger partial charge in [-0.25, -0.2) is 0 Å². The van der Waals surface area contributed by atoms with E-state index in [1.54, 1.807) is 12.3 Å². The highest BCUT2D eigenvalue weighted by atomic mass is 16.3. The second-order valence-corrected chi connectivity index (χ2v) is 4.17. The van der Waals surface area contributed by atoms with Crippen molar-refractivity contribution in [3.8, 4) is 0 Å². The van der Waals surface area contributed by atoms with Crippen LogP contribution in [0.15, 0.2) is 41.0 Å². The lowest BCUT2D eigenvalue weighted by atomic mass is 10.1. The summed E-state index contributed by atoms with van der Waals surface area (Å²) in [7, 11) is 0. The van der Waals surface area contributed by atoms with Gasteiger partial charge in [0.05, 0.1) is 17.6 Å². The molecule has 1 aromatic heterocycles. The van der Waals surface area contributed by atoms with E-state index in [2.05, 4.69) is 12.2 Å². The van der Waals surface area contributed by atoms with Crippen LogP contribution in [-0.4, -0.2) is 6.04 Å². The molecule has 1 unspecified atom stereocenters. The minimum Gasteiger partial charge on any atom is -0.469 e. The number of furan rings is 1. The van der Waals surface area contributed by atoms with E-state index in [4.69, 9.17) is 15.9 Å². The van der Waals surface area contributed by atoms with Gasteiger partial charge in [-0.2, -0.15) is 0 Å². The summed E-state index contributed by atoms with van der Waals surface area (Å²) in [5.41, 5.74) is 13.6. The van der Waals surface area contributed by atoms with Crippen molar-refractivity contribution in [2.24, 2.45) is 0 Å². The summed E-state index contributed by atoms with van der Waals surface area (Å²) in [6, 6.07) is 9.69. The van der Waals surface area contributed by atoms with Crippen LogP contribution < -0.4 is 16.8 Å². The molecular weight excluding hydrogens is 214 g/mol. The average Bonchev–Trinajstić information content (AvgIpc) is 2.76. The van der Waals surface area contributed by atoms with Gasteiger partial charge in [0, 0.05) is 18.2 Å². The molecule has 4 heteroatoms. The van der Waals surface area contributed by atoms with Crippen LogP contribution in [0.25, 0.3) is 0 Å². The lowest BCUT2D eigenvalue weighted by molar-refractivity contribution is 0.498. The second kappa shape index (κ2) is 4.82. The minimum atomic E-state index is 0.268. The van der Waals surface area contributed by atoms with Crippen LogP contribution in [0, 0.1) is 0 Å². The number of nitrogen functional groups attached to an aromatic ring is 2. The lowest BCUT2D eigenvalue weighted by Crippen LogP contribution is -2.17. The maximum absolute atomic E-state index is 5.75. The molecule has 1 atom stereocenters. The topological polar surface area (TPSA) is 77.2 Å². The molecule has 0 saturated heterocycles. The largest absolute Gasteiger partial charge is 0.469 e. The molecule has 0 bridgehead atoms. The van der Waals surface area contributed by atoms with Crippen LogP contribution in [0.5, 0.6) is 0 Å². The summed E-state index contributed by atoms with van der Waals surface area (Å²) < 4.78 is 5.30. The lowest BCUT2D eigenvalue weighted by Gasteiger charge is -2.14. The predicted molar refractivity (Wildman–Crippen MR) is 70.8 cm³/mol. The molecule has 1 aromatic carbocycles. The first kappa shape index (κ1) is 11.4. The van der Waals surface area contributed by atoms with Gasteiger partial charge >= 0.3 is 0 Å². The molecule has 0 spiro atoms. The van der Waals surface area contributed by atoms with Gasteiger partial charge < -0.3 is 21.2 Å². The Balaban J connectivity index is 1.98. The van der Waals surface area contributed by atoms with Crippen LogP contribution in [0.4, 0.5) is 17.1 Å². The predicted octanol–water partition coefficient (Wildman–Crippen LogP) is 2.49. The van der Waals surface area contributed by atoms with Crippen molar-refractivity contribution in [2.45, 2.75) is 19.4 Å². The Morgan fingerprint density at radius 3 is 2.71 bits per heavy atom. The number of hydrogen-bond donors (Lipinski definition) is 3. The molecular formula is C13H17N3O. The van der Waals surface area contributed by atoms with E-state index >= 15 is 0 Å². The Hall–Kier alpha value is -2.10. The summed E-state index contributed by atoms with van der Waals surface area (Å²) >= 11 is 0. The number of hydrogen-bond acceptors (Lipinski definition) is 4. The zero-order valence-electron chi connectivity index (χ0n) is 9.81. The fourth-order valence-electron chi connectivity index (χ4n) is 1.73. The fourth-order valence-corrected chi connectivity index (χ4v) is 1.73. The van der Waals surface area contributed by atoms with Gasteiger partial charge in [-0.3, -0.25) is 0 Å². The number of anilines is 3. The zero-order chi connectivity index (χ0) is 12.3. The van der Waals surface area contributed by atoms with Crippen LogP contribution >= 0.6 is 0 Å². The molecule has 2 rings (SSSR count). The molecule has 0 aliphatic rings. The SMILES string of the molecule is CC(Cc1ccco1)Nc1ccc(N)c(N)c1. The maximum atomic E-state index is 5.75. The quantitative estimate of drug-likeness (QED) is 0.706.